The number of carbonyl (C=O) groups is 1. The average Bonchev–Trinajstić information content (AvgIpc) is 2.68. The van der Waals surface area contributed by atoms with Gasteiger partial charge in [-0.15, -0.1) is 0 Å². The van der Waals surface area contributed by atoms with Crippen molar-refractivity contribution in [2.45, 2.75) is 18.6 Å². The van der Waals surface area contributed by atoms with Crippen molar-refractivity contribution in [3.05, 3.63) is 34.9 Å². The molecular weight excluding hydrogens is 276 g/mol. The van der Waals surface area contributed by atoms with Gasteiger partial charge in [0.05, 0.1) is 12.6 Å². The van der Waals surface area contributed by atoms with Crippen LogP contribution in [-0.4, -0.2) is 66.6 Å². The Hall–Kier alpha value is -0.940. The summed E-state index contributed by atoms with van der Waals surface area (Å²) < 4.78 is 0. The predicted octanol–water partition coefficient (Wildman–Crippen LogP) is 1.52. The second-order valence-electron chi connectivity index (χ2n) is 5.67. The van der Waals surface area contributed by atoms with Crippen LogP contribution in [0, 0.1) is 0 Å². The third-order valence-electron chi connectivity index (χ3n) is 3.57. The number of benzene rings is 1. The highest BCUT2D eigenvalue weighted by Crippen LogP contribution is 2.19. The first kappa shape index (κ1) is 15.4. The Morgan fingerprint density at radius 1 is 1.50 bits per heavy atom. The Kier molecular flexibility index (Phi) is 5.16. The van der Waals surface area contributed by atoms with Gasteiger partial charge in [0.15, 0.2) is 5.78 Å². The van der Waals surface area contributed by atoms with Crippen LogP contribution in [0.2, 0.25) is 5.02 Å². The van der Waals surface area contributed by atoms with E-state index in [2.05, 4.69) is 9.80 Å². The van der Waals surface area contributed by atoms with Gasteiger partial charge < -0.3 is 10.0 Å². The second kappa shape index (κ2) is 6.68. The van der Waals surface area contributed by atoms with Crippen LogP contribution in [0.4, 0.5) is 0 Å². The number of carbonyl (C=O) groups excluding carboxylic acids is 1. The number of hydrogen-bond donors (Lipinski definition) is 1. The molecule has 1 aromatic rings. The highest BCUT2D eigenvalue weighted by Gasteiger charge is 2.32. The molecule has 1 fully saturated rings. The van der Waals surface area contributed by atoms with Crippen molar-refractivity contribution in [2.75, 3.05) is 33.7 Å². The Morgan fingerprint density at radius 2 is 2.25 bits per heavy atom. The third-order valence-corrected chi connectivity index (χ3v) is 3.81. The summed E-state index contributed by atoms with van der Waals surface area (Å²) >= 11 is 5.91. The minimum atomic E-state index is -0.341. The van der Waals surface area contributed by atoms with Crippen molar-refractivity contribution < 1.29 is 9.90 Å². The standard InChI is InChI=1S/C15H21ClN2O2/c1-17(2)8-13-7-14(19)9-18(13)10-15(20)11-4-3-5-12(16)6-11/h3-6,13-14,19H,7-10H2,1-2H3. The van der Waals surface area contributed by atoms with Gasteiger partial charge in [-0.3, -0.25) is 9.69 Å². The first-order valence-corrected chi connectivity index (χ1v) is 7.19. The number of nitrogens with zero attached hydrogens (tertiary/aromatic N) is 2. The number of likely N-dealkylation sites (tertiary alicyclic amines) is 1. The van der Waals surface area contributed by atoms with E-state index in [1.54, 1.807) is 24.3 Å². The van der Waals surface area contributed by atoms with E-state index in [-0.39, 0.29) is 17.9 Å². The van der Waals surface area contributed by atoms with Gasteiger partial charge in [0.1, 0.15) is 0 Å². The Bertz CT molecular complexity index is 479. The smallest absolute Gasteiger partial charge is 0.176 e. The van der Waals surface area contributed by atoms with E-state index in [0.717, 1.165) is 13.0 Å². The van der Waals surface area contributed by atoms with Crippen LogP contribution in [0.1, 0.15) is 16.8 Å². The Morgan fingerprint density at radius 3 is 2.90 bits per heavy atom. The third kappa shape index (κ3) is 4.03. The summed E-state index contributed by atoms with van der Waals surface area (Å²) in [4.78, 5) is 16.4. The molecule has 2 atom stereocenters. The highest BCUT2D eigenvalue weighted by atomic mass is 35.5. The van der Waals surface area contributed by atoms with E-state index in [4.69, 9.17) is 11.6 Å². The van der Waals surface area contributed by atoms with Gasteiger partial charge in [-0.05, 0) is 32.6 Å². The predicted molar refractivity (Wildman–Crippen MR) is 80.3 cm³/mol. The first-order valence-electron chi connectivity index (χ1n) is 6.81. The lowest BCUT2D eigenvalue weighted by Crippen LogP contribution is -2.40. The maximum absolute atomic E-state index is 12.3. The molecule has 5 heteroatoms. The molecule has 110 valence electrons. The molecule has 4 nitrogen and oxygen atoms in total. The van der Waals surface area contributed by atoms with Gasteiger partial charge in [0.25, 0.3) is 0 Å². The van der Waals surface area contributed by atoms with Gasteiger partial charge in [-0.25, -0.2) is 0 Å². The summed E-state index contributed by atoms with van der Waals surface area (Å²) in [5.74, 6) is 0.0466. The molecule has 0 aliphatic carbocycles. The zero-order chi connectivity index (χ0) is 14.7. The molecule has 2 rings (SSSR count). The van der Waals surface area contributed by atoms with E-state index in [9.17, 15) is 9.90 Å². The molecule has 0 spiro atoms. The fourth-order valence-electron chi connectivity index (χ4n) is 2.70. The lowest BCUT2D eigenvalue weighted by atomic mass is 10.1. The average molecular weight is 297 g/mol. The topological polar surface area (TPSA) is 43.8 Å². The molecule has 1 aliphatic rings. The number of likely N-dealkylation sites (N-methyl/N-ethyl adjacent to an activating group) is 1. The molecule has 1 heterocycles. The molecule has 20 heavy (non-hydrogen) atoms. The number of Topliss-reactive ketones (excluding diaryl/α,β-unsaturated/α-hetero) is 1. The Balaban J connectivity index is 2.02. The van der Waals surface area contributed by atoms with Crippen LogP contribution in [-0.2, 0) is 0 Å². The SMILES string of the molecule is CN(C)CC1CC(O)CN1CC(=O)c1cccc(Cl)c1. The van der Waals surface area contributed by atoms with Gasteiger partial charge in [-0.2, -0.15) is 0 Å². The summed E-state index contributed by atoms with van der Waals surface area (Å²) in [5.41, 5.74) is 0.627. The highest BCUT2D eigenvalue weighted by molar-refractivity contribution is 6.31. The van der Waals surface area contributed by atoms with Crippen molar-refractivity contribution in [1.82, 2.24) is 9.80 Å². The second-order valence-corrected chi connectivity index (χ2v) is 6.10. The number of ketones is 1. The van der Waals surface area contributed by atoms with Crippen molar-refractivity contribution in [3.63, 3.8) is 0 Å². The van der Waals surface area contributed by atoms with Crippen molar-refractivity contribution in [3.8, 4) is 0 Å². The molecule has 1 saturated heterocycles. The van der Waals surface area contributed by atoms with Gasteiger partial charge >= 0.3 is 0 Å². The zero-order valence-electron chi connectivity index (χ0n) is 11.9. The quantitative estimate of drug-likeness (QED) is 0.837. The summed E-state index contributed by atoms with van der Waals surface area (Å²) in [5, 5.41) is 10.4. The lowest BCUT2D eigenvalue weighted by Gasteiger charge is -2.26. The number of hydrogen-bond acceptors (Lipinski definition) is 4. The fraction of sp³-hybridized carbons (Fsp3) is 0.533. The molecule has 0 radical (unpaired) electrons. The lowest BCUT2D eigenvalue weighted by molar-refractivity contribution is 0.0902. The van der Waals surface area contributed by atoms with E-state index in [1.807, 2.05) is 14.1 Å². The summed E-state index contributed by atoms with van der Waals surface area (Å²) in [7, 11) is 4.00. The maximum Gasteiger partial charge on any atom is 0.176 e. The van der Waals surface area contributed by atoms with E-state index >= 15 is 0 Å². The van der Waals surface area contributed by atoms with E-state index in [0.29, 0.717) is 23.7 Å². The summed E-state index contributed by atoms with van der Waals surface area (Å²) in [6.45, 7) is 1.74. The van der Waals surface area contributed by atoms with Crippen molar-refractivity contribution >= 4 is 17.4 Å². The Labute approximate surface area is 124 Å². The molecular formula is C15H21ClN2O2. The molecule has 0 aromatic heterocycles. The van der Waals surface area contributed by atoms with Crippen LogP contribution in [0.3, 0.4) is 0 Å². The largest absolute Gasteiger partial charge is 0.392 e. The fourth-order valence-corrected chi connectivity index (χ4v) is 2.89. The molecule has 0 saturated carbocycles. The minimum absolute atomic E-state index is 0.0466. The minimum Gasteiger partial charge on any atom is -0.392 e. The molecule has 0 bridgehead atoms. The molecule has 1 aliphatic heterocycles. The van der Waals surface area contributed by atoms with Crippen LogP contribution >= 0.6 is 11.6 Å². The molecule has 1 aromatic carbocycles. The number of aliphatic hydroxyl groups is 1. The number of aliphatic hydroxyl groups excluding tert-OH is 1. The van der Waals surface area contributed by atoms with Gasteiger partial charge in [0, 0.05) is 29.7 Å². The van der Waals surface area contributed by atoms with Crippen LogP contribution in [0.25, 0.3) is 0 Å². The maximum atomic E-state index is 12.3. The normalized spacial score (nSPS) is 23.4. The first-order chi connectivity index (χ1) is 9.45. The van der Waals surface area contributed by atoms with Gasteiger partial charge in [0.2, 0.25) is 0 Å². The number of β-amino-alcohol motifs (C(OH)–C–C–N with tert-alkyl or cyclic N) is 1. The van der Waals surface area contributed by atoms with Crippen LogP contribution in [0.15, 0.2) is 24.3 Å². The van der Waals surface area contributed by atoms with Crippen LogP contribution < -0.4 is 0 Å². The monoisotopic (exact) mass is 296 g/mol. The zero-order valence-corrected chi connectivity index (χ0v) is 12.7. The summed E-state index contributed by atoms with van der Waals surface area (Å²) in [6.07, 6.45) is 0.383. The summed E-state index contributed by atoms with van der Waals surface area (Å²) in [6, 6.07) is 7.24. The van der Waals surface area contributed by atoms with Gasteiger partial charge in [-0.1, -0.05) is 23.7 Å². The molecule has 1 N–H and O–H groups in total. The van der Waals surface area contributed by atoms with Crippen molar-refractivity contribution in [2.24, 2.45) is 0 Å². The molecule has 0 amide bonds. The number of rotatable bonds is 5. The van der Waals surface area contributed by atoms with E-state index in [1.165, 1.54) is 0 Å². The molecule has 2 unspecified atom stereocenters. The van der Waals surface area contributed by atoms with Crippen molar-refractivity contribution in [1.29, 1.82) is 0 Å². The van der Waals surface area contributed by atoms with E-state index < -0.39 is 0 Å². The van der Waals surface area contributed by atoms with Crippen LogP contribution in [0.5, 0.6) is 0 Å². The number of halogens is 1.